The van der Waals surface area contributed by atoms with Crippen LogP contribution < -0.4 is 0 Å². The van der Waals surface area contributed by atoms with Gasteiger partial charge in [-0.05, 0) is 37.8 Å². The summed E-state index contributed by atoms with van der Waals surface area (Å²) in [7, 11) is -3.49. The molecular formula is C18H23NO4S. The van der Waals surface area contributed by atoms with Crippen LogP contribution in [-0.4, -0.2) is 38.4 Å². The molecule has 2 atom stereocenters. The topological polar surface area (TPSA) is 63.7 Å². The number of rotatable bonds is 4. The molecule has 1 saturated heterocycles. The second kappa shape index (κ2) is 6.01. The number of fused-ring (bicyclic) bond motifs is 1. The molecule has 0 aromatic heterocycles. The molecule has 0 N–H and O–H groups in total. The van der Waals surface area contributed by atoms with E-state index in [2.05, 4.69) is 6.92 Å². The number of hydrogen-bond donors (Lipinski definition) is 0. The highest BCUT2D eigenvalue weighted by Gasteiger charge is 2.55. The maximum atomic E-state index is 12.9. The van der Waals surface area contributed by atoms with Crippen LogP contribution in [0.2, 0.25) is 0 Å². The van der Waals surface area contributed by atoms with Crippen LogP contribution in [0.4, 0.5) is 0 Å². The molecule has 6 heteroatoms. The van der Waals surface area contributed by atoms with Crippen molar-refractivity contribution in [1.82, 2.24) is 4.31 Å². The zero-order valence-corrected chi connectivity index (χ0v) is 15.1. The summed E-state index contributed by atoms with van der Waals surface area (Å²) in [6, 6.07) is 6.93. The molecule has 24 heavy (non-hydrogen) atoms. The molecule has 1 aliphatic carbocycles. The van der Waals surface area contributed by atoms with Crippen LogP contribution in [0.25, 0.3) is 0 Å². The third-order valence-corrected chi connectivity index (χ3v) is 6.90. The van der Waals surface area contributed by atoms with Gasteiger partial charge in [-0.2, -0.15) is 4.31 Å². The van der Waals surface area contributed by atoms with Crippen molar-refractivity contribution in [1.29, 1.82) is 0 Å². The largest absolute Gasteiger partial charge is 0.463 e. The molecule has 1 aromatic carbocycles. The Morgan fingerprint density at radius 2 is 2.04 bits per heavy atom. The van der Waals surface area contributed by atoms with Crippen molar-refractivity contribution in [3.8, 4) is 0 Å². The normalized spacial score (nSPS) is 28.5. The summed E-state index contributed by atoms with van der Waals surface area (Å²) < 4.78 is 32.2. The monoisotopic (exact) mass is 349 g/mol. The Bertz CT molecular complexity index is 782. The summed E-state index contributed by atoms with van der Waals surface area (Å²) >= 11 is 0. The molecule has 2 aliphatic rings. The average molecular weight is 349 g/mol. The van der Waals surface area contributed by atoms with Crippen molar-refractivity contribution < 1.29 is 17.9 Å². The molecular weight excluding hydrogens is 326 g/mol. The molecule has 3 rings (SSSR count). The molecule has 0 unspecified atom stereocenters. The first-order valence-electron chi connectivity index (χ1n) is 8.20. The van der Waals surface area contributed by atoms with Gasteiger partial charge in [0.05, 0.1) is 11.5 Å². The highest BCUT2D eigenvalue weighted by Crippen LogP contribution is 2.56. The predicted octanol–water partition coefficient (Wildman–Crippen LogP) is 2.52. The van der Waals surface area contributed by atoms with E-state index in [-0.39, 0.29) is 17.3 Å². The van der Waals surface area contributed by atoms with E-state index in [9.17, 15) is 13.2 Å². The van der Waals surface area contributed by atoms with Gasteiger partial charge >= 0.3 is 5.97 Å². The van der Waals surface area contributed by atoms with Gasteiger partial charge in [-0.1, -0.05) is 30.2 Å². The molecule has 0 radical (unpaired) electrons. The van der Waals surface area contributed by atoms with Crippen molar-refractivity contribution >= 4 is 16.0 Å². The molecule has 0 spiro atoms. The number of carbonyl (C=O) groups excluding carboxylic acids is 1. The number of nitrogens with zero attached hydrogens (tertiary/aromatic N) is 1. The highest BCUT2D eigenvalue weighted by molar-refractivity contribution is 7.89. The predicted molar refractivity (Wildman–Crippen MR) is 90.9 cm³/mol. The van der Waals surface area contributed by atoms with Crippen molar-refractivity contribution in [2.75, 3.05) is 19.7 Å². The van der Waals surface area contributed by atoms with E-state index in [0.717, 1.165) is 17.6 Å². The first-order chi connectivity index (χ1) is 11.3. The van der Waals surface area contributed by atoms with Gasteiger partial charge in [0.1, 0.15) is 0 Å². The minimum atomic E-state index is -3.49. The molecule has 0 amide bonds. The molecule has 1 heterocycles. The third-order valence-electron chi connectivity index (χ3n) is 5.07. The Morgan fingerprint density at radius 3 is 2.67 bits per heavy atom. The summed E-state index contributed by atoms with van der Waals surface area (Å²) in [6.07, 6.45) is 2.29. The second-order valence-electron chi connectivity index (χ2n) is 6.97. The number of ether oxygens (including phenoxy) is 1. The molecule has 1 aliphatic heterocycles. The fraction of sp³-hybridized carbons (Fsp3) is 0.500. The zero-order chi connectivity index (χ0) is 17.5. The van der Waals surface area contributed by atoms with Gasteiger partial charge in [0.25, 0.3) is 0 Å². The number of hydrogen-bond acceptors (Lipinski definition) is 4. The van der Waals surface area contributed by atoms with Gasteiger partial charge in [-0.3, -0.25) is 0 Å². The number of benzene rings is 1. The molecule has 2 fully saturated rings. The lowest BCUT2D eigenvalue weighted by Crippen LogP contribution is -2.39. The molecule has 130 valence electrons. The van der Waals surface area contributed by atoms with E-state index in [1.807, 2.05) is 19.1 Å². The van der Waals surface area contributed by atoms with Crippen molar-refractivity contribution in [3.63, 3.8) is 0 Å². The summed E-state index contributed by atoms with van der Waals surface area (Å²) in [5.74, 6) is -0.239. The van der Waals surface area contributed by atoms with Crippen LogP contribution in [0.3, 0.4) is 0 Å². The van der Waals surface area contributed by atoms with Crippen LogP contribution in [0.1, 0.15) is 25.8 Å². The molecule has 1 aromatic rings. The number of carbonyl (C=O) groups is 1. The Labute approximate surface area is 143 Å². The standard InChI is InChI=1S/C18H23NO4S/c1-4-23-17(20)9-14-10-18(3)12-19(11-16(14)18)24(21,22)15-7-5-13(2)6-8-15/h5-9,16H,4,10-12H2,1-3H3/b14-9+/t16-,18-/m1/s1. The number of aryl methyl sites for hydroxylation is 1. The maximum absolute atomic E-state index is 12.9. The van der Waals surface area contributed by atoms with Crippen LogP contribution in [0.5, 0.6) is 0 Å². The summed E-state index contributed by atoms with van der Waals surface area (Å²) in [6.45, 7) is 7.06. The first-order valence-corrected chi connectivity index (χ1v) is 9.64. The maximum Gasteiger partial charge on any atom is 0.330 e. The quantitative estimate of drug-likeness (QED) is 0.619. The Kier molecular flexibility index (Phi) is 4.30. The Balaban J connectivity index is 1.79. The van der Waals surface area contributed by atoms with E-state index >= 15 is 0 Å². The third kappa shape index (κ3) is 2.89. The Hall–Kier alpha value is -1.66. The van der Waals surface area contributed by atoms with E-state index in [1.165, 1.54) is 6.08 Å². The van der Waals surface area contributed by atoms with Crippen LogP contribution >= 0.6 is 0 Å². The number of sulfonamides is 1. The summed E-state index contributed by atoms with van der Waals surface area (Å²) in [5.41, 5.74) is 1.94. The molecule has 5 nitrogen and oxygen atoms in total. The van der Waals surface area contributed by atoms with Gasteiger partial charge in [0.2, 0.25) is 10.0 Å². The highest BCUT2D eigenvalue weighted by atomic mass is 32.2. The summed E-state index contributed by atoms with van der Waals surface area (Å²) in [4.78, 5) is 12.0. The lowest BCUT2D eigenvalue weighted by molar-refractivity contribution is -0.137. The lowest BCUT2D eigenvalue weighted by Gasteiger charge is -2.43. The van der Waals surface area contributed by atoms with E-state index in [1.54, 1.807) is 23.4 Å². The minimum absolute atomic E-state index is 0.0872. The summed E-state index contributed by atoms with van der Waals surface area (Å²) in [5, 5.41) is 0. The van der Waals surface area contributed by atoms with Gasteiger partial charge < -0.3 is 4.74 Å². The van der Waals surface area contributed by atoms with Crippen LogP contribution in [0.15, 0.2) is 40.8 Å². The van der Waals surface area contributed by atoms with Gasteiger partial charge in [-0.25, -0.2) is 13.2 Å². The van der Waals surface area contributed by atoms with Crippen LogP contribution in [-0.2, 0) is 19.6 Å². The fourth-order valence-electron chi connectivity index (χ4n) is 3.73. The zero-order valence-electron chi connectivity index (χ0n) is 14.3. The molecule has 1 saturated carbocycles. The SMILES string of the molecule is CCOC(=O)/C=C1\C[C@]2(C)CN(S(=O)(=O)c3ccc(C)cc3)C[C@H]12. The van der Waals surface area contributed by atoms with Gasteiger partial charge in [0, 0.05) is 25.1 Å². The van der Waals surface area contributed by atoms with E-state index in [0.29, 0.717) is 24.6 Å². The fourth-order valence-corrected chi connectivity index (χ4v) is 5.32. The van der Waals surface area contributed by atoms with Gasteiger partial charge in [0.15, 0.2) is 0 Å². The average Bonchev–Trinajstić information content (AvgIpc) is 2.78. The van der Waals surface area contributed by atoms with E-state index in [4.69, 9.17) is 4.74 Å². The van der Waals surface area contributed by atoms with Crippen molar-refractivity contribution in [3.05, 3.63) is 41.5 Å². The van der Waals surface area contributed by atoms with Crippen molar-refractivity contribution in [2.24, 2.45) is 11.3 Å². The second-order valence-corrected chi connectivity index (χ2v) is 8.90. The van der Waals surface area contributed by atoms with Crippen molar-refractivity contribution in [2.45, 2.75) is 32.1 Å². The Morgan fingerprint density at radius 1 is 1.38 bits per heavy atom. The lowest BCUT2D eigenvalue weighted by atomic mass is 9.60. The van der Waals surface area contributed by atoms with Gasteiger partial charge in [-0.15, -0.1) is 0 Å². The smallest absolute Gasteiger partial charge is 0.330 e. The van der Waals surface area contributed by atoms with E-state index < -0.39 is 10.0 Å². The minimum Gasteiger partial charge on any atom is -0.463 e. The van der Waals surface area contributed by atoms with Crippen LogP contribution in [0, 0.1) is 18.3 Å². The number of esters is 1. The molecule has 0 bridgehead atoms. The first kappa shape index (κ1) is 17.2.